The Morgan fingerprint density at radius 1 is 1.06 bits per heavy atom. The molecule has 5 heteroatoms. The van der Waals surface area contributed by atoms with Crippen LogP contribution >= 0.6 is 0 Å². The van der Waals surface area contributed by atoms with Gasteiger partial charge in [0.15, 0.2) is 0 Å². The Bertz CT molecular complexity index is 505. The maximum absolute atomic E-state index is 12.2. The first-order valence-corrected chi connectivity index (χ1v) is 7.13. The minimum absolute atomic E-state index is 0.565. The maximum atomic E-state index is 12.2. The Labute approximate surface area is 103 Å². The molecule has 1 aliphatic rings. The van der Waals surface area contributed by atoms with Gasteiger partial charge in [0.2, 0.25) is 0 Å². The van der Waals surface area contributed by atoms with Crippen LogP contribution in [0, 0.1) is 13.8 Å². The predicted molar refractivity (Wildman–Crippen MR) is 69.4 cm³/mol. The van der Waals surface area contributed by atoms with Gasteiger partial charge in [-0.3, -0.25) is 4.31 Å². The Balaban J connectivity index is 2.45. The number of hydrogen-bond donors (Lipinski definition) is 0. The van der Waals surface area contributed by atoms with Crippen molar-refractivity contribution in [3.05, 3.63) is 29.3 Å². The van der Waals surface area contributed by atoms with E-state index < -0.39 is 10.2 Å². The first-order valence-electron chi connectivity index (χ1n) is 5.73. The smallest absolute Gasteiger partial charge is 0.258 e. The van der Waals surface area contributed by atoms with Crippen LogP contribution in [0.3, 0.4) is 0 Å². The molecule has 0 spiro atoms. The first-order chi connectivity index (χ1) is 7.91. The van der Waals surface area contributed by atoms with Gasteiger partial charge in [-0.2, -0.15) is 12.7 Å². The lowest BCUT2D eigenvalue weighted by Crippen LogP contribution is -2.48. The van der Waals surface area contributed by atoms with Crippen LogP contribution in [0.1, 0.15) is 17.5 Å². The van der Waals surface area contributed by atoms with Gasteiger partial charge in [0.05, 0.1) is 5.69 Å². The molecule has 0 amide bonds. The molecule has 0 saturated carbocycles. The van der Waals surface area contributed by atoms with Crippen molar-refractivity contribution in [3.8, 4) is 0 Å². The predicted octanol–water partition coefficient (Wildman–Crippen LogP) is 1.69. The molecule has 0 aromatic heterocycles. The van der Waals surface area contributed by atoms with Gasteiger partial charge < -0.3 is 0 Å². The van der Waals surface area contributed by atoms with E-state index in [1.165, 1.54) is 8.61 Å². The second kappa shape index (κ2) is 4.31. The van der Waals surface area contributed by atoms with E-state index in [0.29, 0.717) is 13.1 Å². The fourth-order valence-corrected chi connectivity index (χ4v) is 3.62. The van der Waals surface area contributed by atoms with Gasteiger partial charge in [0.1, 0.15) is 0 Å². The topological polar surface area (TPSA) is 40.6 Å². The first kappa shape index (κ1) is 12.4. The minimum atomic E-state index is -3.32. The van der Waals surface area contributed by atoms with Gasteiger partial charge in [-0.1, -0.05) is 6.07 Å². The highest BCUT2D eigenvalue weighted by atomic mass is 32.2. The molecule has 1 saturated heterocycles. The average Bonchev–Trinajstić information content (AvgIpc) is 2.20. The zero-order valence-corrected chi connectivity index (χ0v) is 11.3. The Morgan fingerprint density at radius 3 is 2.24 bits per heavy atom. The van der Waals surface area contributed by atoms with E-state index in [1.54, 1.807) is 7.05 Å². The molecule has 17 heavy (non-hydrogen) atoms. The summed E-state index contributed by atoms with van der Waals surface area (Å²) < 4.78 is 27.3. The van der Waals surface area contributed by atoms with Gasteiger partial charge in [-0.15, -0.1) is 0 Å². The quantitative estimate of drug-likeness (QED) is 0.765. The lowest BCUT2D eigenvalue weighted by Gasteiger charge is -2.34. The molecule has 0 bridgehead atoms. The minimum Gasteiger partial charge on any atom is -0.258 e. The standard InChI is InChI=1S/C12H18N2O2S/c1-10-7-11(2)9-12(8-10)14-6-4-5-13(3)17(14,15)16/h7-9H,4-6H2,1-3H3. The van der Waals surface area contributed by atoms with E-state index in [0.717, 1.165) is 23.2 Å². The number of anilines is 1. The van der Waals surface area contributed by atoms with Crippen molar-refractivity contribution in [2.75, 3.05) is 24.4 Å². The highest BCUT2D eigenvalue weighted by molar-refractivity contribution is 7.90. The molecule has 1 aromatic rings. The molecule has 0 radical (unpaired) electrons. The van der Waals surface area contributed by atoms with Crippen molar-refractivity contribution in [1.82, 2.24) is 4.31 Å². The number of rotatable bonds is 1. The summed E-state index contributed by atoms with van der Waals surface area (Å²) in [4.78, 5) is 0. The highest BCUT2D eigenvalue weighted by Crippen LogP contribution is 2.25. The van der Waals surface area contributed by atoms with E-state index in [4.69, 9.17) is 0 Å². The van der Waals surface area contributed by atoms with Crippen LogP contribution < -0.4 is 4.31 Å². The fourth-order valence-electron chi connectivity index (χ4n) is 2.19. The number of nitrogens with zero attached hydrogens (tertiary/aromatic N) is 2. The zero-order chi connectivity index (χ0) is 12.6. The summed E-state index contributed by atoms with van der Waals surface area (Å²) in [6.45, 7) is 5.13. The van der Waals surface area contributed by atoms with Gasteiger partial charge in [0, 0.05) is 20.1 Å². The van der Waals surface area contributed by atoms with E-state index in [9.17, 15) is 8.42 Å². The van der Waals surface area contributed by atoms with Crippen molar-refractivity contribution in [3.63, 3.8) is 0 Å². The van der Waals surface area contributed by atoms with Gasteiger partial charge >= 0.3 is 10.2 Å². The van der Waals surface area contributed by atoms with Crippen LogP contribution in [-0.4, -0.2) is 32.9 Å². The van der Waals surface area contributed by atoms with Crippen LogP contribution in [0.25, 0.3) is 0 Å². The molecule has 0 unspecified atom stereocenters. The molecule has 0 atom stereocenters. The summed E-state index contributed by atoms with van der Waals surface area (Å²) in [5.74, 6) is 0. The lowest BCUT2D eigenvalue weighted by molar-refractivity contribution is 0.438. The molecule has 94 valence electrons. The average molecular weight is 254 g/mol. The summed E-state index contributed by atoms with van der Waals surface area (Å²) in [5.41, 5.74) is 2.95. The van der Waals surface area contributed by atoms with Gasteiger partial charge in [-0.05, 0) is 43.5 Å². The lowest BCUT2D eigenvalue weighted by atomic mass is 10.1. The summed E-state index contributed by atoms with van der Waals surface area (Å²) in [6.07, 6.45) is 0.864. The van der Waals surface area contributed by atoms with E-state index in [1.807, 2.05) is 32.0 Å². The summed E-state index contributed by atoms with van der Waals surface area (Å²) in [7, 11) is -1.69. The summed E-state index contributed by atoms with van der Waals surface area (Å²) >= 11 is 0. The largest absolute Gasteiger partial charge is 0.303 e. The van der Waals surface area contributed by atoms with Gasteiger partial charge in [0.25, 0.3) is 0 Å². The SMILES string of the molecule is Cc1cc(C)cc(N2CCCN(C)S2(=O)=O)c1. The van der Waals surface area contributed by atoms with Crippen LogP contribution in [0.15, 0.2) is 18.2 Å². The van der Waals surface area contributed by atoms with Crippen molar-refractivity contribution >= 4 is 15.9 Å². The third kappa shape index (κ3) is 2.30. The molecule has 1 aliphatic heterocycles. The monoisotopic (exact) mass is 254 g/mol. The van der Waals surface area contributed by atoms with Gasteiger partial charge in [-0.25, -0.2) is 0 Å². The molecule has 0 N–H and O–H groups in total. The van der Waals surface area contributed by atoms with Crippen molar-refractivity contribution in [2.24, 2.45) is 0 Å². The highest BCUT2D eigenvalue weighted by Gasteiger charge is 2.30. The zero-order valence-electron chi connectivity index (χ0n) is 10.5. The van der Waals surface area contributed by atoms with Crippen molar-refractivity contribution in [2.45, 2.75) is 20.3 Å². The van der Waals surface area contributed by atoms with Crippen LogP contribution in [0.4, 0.5) is 5.69 Å². The Morgan fingerprint density at radius 2 is 1.65 bits per heavy atom. The third-order valence-corrected chi connectivity index (χ3v) is 4.92. The van der Waals surface area contributed by atoms with Crippen LogP contribution in [0.5, 0.6) is 0 Å². The number of benzene rings is 1. The maximum Gasteiger partial charge on any atom is 0.303 e. The van der Waals surface area contributed by atoms with Crippen molar-refractivity contribution in [1.29, 1.82) is 0 Å². The second-order valence-corrected chi connectivity index (χ2v) is 6.56. The Kier molecular flexibility index (Phi) is 3.14. The van der Waals surface area contributed by atoms with E-state index >= 15 is 0 Å². The molecular formula is C12H18N2O2S. The number of hydrogen-bond acceptors (Lipinski definition) is 2. The Hall–Kier alpha value is -1.07. The summed E-state index contributed by atoms with van der Waals surface area (Å²) in [5, 5.41) is 0. The molecule has 2 rings (SSSR count). The van der Waals surface area contributed by atoms with Crippen LogP contribution in [0.2, 0.25) is 0 Å². The number of aryl methyl sites for hydroxylation is 2. The molecule has 1 aromatic carbocycles. The van der Waals surface area contributed by atoms with Crippen LogP contribution in [-0.2, 0) is 10.2 Å². The molecule has 1 fully saturated rings. The molecule has 1 heterocycles. The second-order valence-electron chi connectivity index (χ2n) is 4.60. The third-order valence-electron chi connectivity index (χ3n) is 3.00. The molecule has 0 aliphatic carbocycles. The van der Waals surface area contributed by atoms with E-state index in [-0.39, 0.29) is 0 Å². The van der Waals surface area contributed by atoms with E-state index in [2.05, 4.69) is 0 Å². The summed E-state index contributed by atoms with van der Waals surface area (Å²) in [6, 6.07) is 5.89. The van der Waals surface area contributed by atoms with Crippen molar-refractivity contribution < 1.29 is 8.42 Å². The molecule has 4 nitrogen and oxygen atoms in total. The fraction of sp³-hybridized carbons (Fsp3) is 0.500. The normalized spacial score (nSPS) is 20.5. The molecular weight excluding hydrogens is 236 g/mol.